The molecule has 0 aliphatic carbocycles. The van der Waals surface area contributed by atoms with Gasteiger partial charge in [0.2, 0.25) is 0 Å². The van der Waals surface area contributed by atoms with Crippen molar-refractivity contribution in [1.82, 2.24) is 0 Å². The zero-order chi connectivity index (χ0) is 10.6. The molecule has 0 radical (unpaired) electrons. The third-order valence-electron chi connectivity index (χ3n) is 1.89. The molecule has 0 unspecified atom stereocenters. The SMILES string of the molecule is COC(=O)c1ccc(F)cc1CCN. The molecule has 76 valence electrons. The van der Waals surface area contributed by atoms with E-state index in [2.05, 4.69) is 4.74 Å². The van der Waals surface area contributed by atoms with Crippen LogP contribution in [0.5, 0.6) is 0 Å². The number of ether oxygens (including phenoxy) is 1. The lowest BCUT2D eigenvalue weighted by Crippen LogP contribution is -2.10. The minimum Gasteiger partial charge on any atom is -0.465 e. The Balaban J connectivity index is 3.07. The third kappa shape index (κ3) is 2.29. The number of esters is 1. The summed E-state index contributed by atoms with van der Waals surface area (Å²) >= 11 is 0. The van der Waals surface area contributed by atoms with Gasteiger partial charge in [-0.05, 0) is 36.7 Å². The molecule has 0 aromatic heterocycles. The second kappa shape index (κ2) is 4.72. The molecular formula is C10H12FNO2. The Hall–Kier alpha value is -1.42. The molecule has 0 amide bonds. The predicted octanol–water partition coefficient (Wildman–Crippen LogP) is 1.11. The van der Waals surface area contributed by atoms with Crippen LogP contribution in [0.3, 0.4) is 0 Å². The van der Waals surface area contributed by atoms with Gasteiger partial charge in [-0.1, -0.05) is 0 Å². The Morgan fingerprint density at radius 2 is 2.29 bits per heavy atom. The van der Waals surface area contributed by atoms with E-state index in [-0.39, 0.29) is 5.82 Å². The van der Waals surface area contributed by atoms with Gasteiger partial charge in [0.15, 0.2) is 0 Å². The minimum atomic E-state index is -0.464. The summed E-state index contributed by atoms with van der Waals surface area (Å²) in [5.41, 5.74) is 6.30. The van der Waals surface area contributed by atoms with Crippen molar-refractivity contribution in [1.29, 1.82) is 0 Å². The Kier molecular flexibility index (Phi) is 3.59. The van der Waals surface area contributed by atoms with Crippen molar-refractivity contribution >= 4 is 5.97 Å². The average Bonchev–Trinajstić information content (AvgIpc) is 2.17. The second-order valence-electron chi connectivity index (χ2n) is 2.83. The Morgan fingerprint density at radius 3 is 2.86 bits per heavy atom. The van der Waals surface area contributed by atoms with E-state index >= 15 is 0 Å². The normalized spacial score (nSPS) is 9.93. The van der Waals surface area contributed by atoms with Crippen LogP contribution in [0.4, 0.5) is 4.39 Å². The lowest BCUT2D eigenvalue weighted by molar-refractivity contribution is 0.0599. The molecule has 0 saturated carbocycles. The monoisotopic (exact) mass is 197 g/mol. The summed E-state index contributed by atoms with van der Waals surface area (Å²) in [4.78, 5) is 11.2. The first-order valence-electron chi connectivity index (χ1n) is 4.26. The number of halogens is 1. The van der Waals surface area contributed by atoms with E-state index in [9.17, 15) is 9.18 Å². The number of methoxy groups -OCH3 is 1. The standard InChI is InChI=1S/C10H12FNO2/c1-14-10(13)9-3-2-8(11)6-7(9)4-5-12/h2-3,6H,4-5,12H2,1H3. The molecule has 0 aliphatic rings. The minimum absolute atomic E-state index is 0.368. The van der Waals surface area contributed by atoms with E-state index in [1.165, 1.54) is 25.3 Å². The van der Waals surface area contributed by atoms with Crippen LogP contribution in [0, 0.1) is 5.82 Å². The van der Waals surface area contributed by atoms with Crippen LogP contribution in [0.1, 0.15) is 15.9 Å². The fraction of sp³-hybridized carbons (Fsp3) is 0.300. The highest BCUT2D eigenvalue weighted by Gasteiger charge is 2.11. The number of hydrogen-bond acceptors (Lipinski definition) is 3. The summed E-state index contributed by atoms with van der Waals surface area (Å²) in [5.74, 6) is -0.838. The second-order valence-corrected chi connectivity index (χ2v) is 2.83. The van der Waals surface area contributed by atoms with E-state index < -0.39 is 5.97 Å². The van der Waals surface area contributed by atoms with Crippen LogP contribution in [0.2, 0.25) is 0 Å². The molecule has 3 nitrogen and oxygen atoms in total. The molecule has 1 rings (SSSR count). The van der Waals surface area contributed by atoms with E-state index in [0.717, 1.165) is 0 Å². The van der Waals surface area contributed by atoms with Crippen LogP contribution >= 0.6 is 0 Å². The van der Waals surface area contributed by atoms with Gasteiger partial charge in [-0.25, -0.2) is 9.18 Å². The van der Waals surface area contributed by atoms with Gasteiger partial charge in [-0.15, -0.1) is 0 Å². The summed E-state index contributed by atoms with van der Waals surface area (Å²) in [5, 5.41) is 0. The Labute approximate surface area is 81.7 Å². The van der Waals surface area contributed by atoms with E-state index in [1.54, 1.807) is 0 Å². The zero-order valence-electron chi connectivity index (χ0n) is 7.92. The lowest BCUT2D eigenvalue weighted by Gasteiger charge is -2.06. The maximum absolute atomic E-state index is 12.8. The quantitative estimate of drug-likeness (QED) is 0.738. The van der Waals surface area contributed by atoms with Crippen LogP contribution in [-0.2, 0) is 11.2 Å². The molecule has 1 aromatic rings. The topological polar surface area (TPSA) is 52.3 Å². The molecule has 0 heterocycles. The number of carbonyl (C=O) groups excluding carboxylic acids is 1. The molecule has 0 spiro atoms. The number of hydrogen-bond donors (Lipinski definition) is 1. The van der Waals surface area contributed by atoms with Crippen molar-refractivity contribution < 1.29 is 13.9 Å². The molecule has 4 heteroatoms. The molecule has 0 saturated heterocycles. The van der Waals surface area contributed by atoms with Gasteiger partial charge in [0, 0.05) is 0 Å². The predicted molar refractivity (Wildman–Crippen MR) is 50.5 cm³/mol. The van der Waals surface area contributed by atoms with E-state index in [0.29, 0.717) is 24.1 Å². The lowest BCUT2D eigenvalue weighted by atomic mass is 10.0. The zero-order valence-corrected chi connectivity index (χ0v) is 7.92. The fourth-order valence-corrected chi connectivity index (χ4v) is 1.23. The maximum atomic E-state index is 12.8. The van der Waals surface area contributed by atoms with Crippen molar-refractivity contribution in [2.75, 3.05) is 13.7 Å². The fourth-order valence-electron chi connectivity index (χ4n) is 1.23. The van der Waals surface area contributed by atoms with Gasteiger partial charge in [0.25, 0.3) is 0 Å². The van der Waals surface area contributed by atoms with Gasteiger partial charge in [0.1, 0.15) is 5.82 Å². The number of benzene rings is 1. The molecule has 2 N–H and O–H groups in total. The van der Waals surface area contributed by atoms with Crippen LogP contribution in [-0.4, -0.2) is 19.6 Å². The highest BCUT2D eigenvalue weighted by Crippen LogP contribution is 2.12. The van der Waals surface area contributed by atoms with Gasteiger partial charge in [0.05, 0.1) is 12.7 Å². The maximum Gasteiger partial charge on any atom is 0.338 e. The first-order valence-corrected chi connectivity index (χ1v) is 4.26. The molecule has 0 atom stereocenters. The van der Waals surface area contributed by atoms with Crippen molar-refractivity contribution in [2.24, 2.45) is 5.73 Å². The van der Waals surface area contributed by atoms with E-state index in [4.69, 9.17) is 5.73 Å². The summed E-state index contributed by atoms with van der Waals surface area (Å²) < 4.78 is 17.4. The van der Waals surface area contributed by atoms with Crippen LogP contribution in [0.15, 0.2) is 18.2 Å². The highest BCUT2D eigenvalue weighted by molar-refractivity contribution is 5.91. The number of nitrogens with two attached hydrogens (primary N) is 1. The van der Waals surface area contributed by atoms with Crippen molar-refractivity contribution in [3.8, 4) is 0 Å². The molecule has 14 heavy (non-hydrogen) atoms. The van der Waals surface area contributed by atoms with Gasteiger partial charge in [-0.2, -0.15) is 0 Å². The van der Waals surface area contributed by atoms with Crippen LogP contribution in [0.25, 0.3) is 0 Å². The van der Waals surface area contributed by atoms with Gasteiger partial charge < -0.3 is 10.5 Å². The van der Waals surface area contributed by atoms with Gasteiger partial charge in [-0.3, -0.25) is 0 Å². The summed E-state index contributed by atoms with van der Waals surface area (Å²) in [6.07, 6.45) is 0.461. The molecule has 1 aromatic carbocycles. The summed E-state index contributed by atoms with van der Waals surface area (Å²) in [6, 6.07) is 3.94. The average molecular weight is 197 g/mol. The van der Waals surface area contributed by atoms with Crippen LogP contribution < -0.4 is 5.73 Å². The van der Waals surface area contributed by atoms with E-state index in [1.807, 2.05) is 0 Å². The summed E-state index contributed by atoms with van der Waals surface area (Å²) in [6.45, 7) is 0.368. The van der Waals surface area contributed by atoms with Crippen molar-refractivity contribution in [2.45, 2.75) is 6.42 Å². The highest BCUT2D eigenvalue weighted by atomic mass is 19.1. The molecular weight excluding hydrogens is 185 g/mol. The molecule has 0 bridgehead atoms. The smallest absolute Gasteiger partial charge is 0.338 e. The van der Waals surface area contributed by atoms with Crippen molar-refractivity contribution in [3.63, 3.8) is 0 Å². The summed E-state index contributed by atoms with van der Waals surface area (Å²) in [7, 11) is 1.29. The Morgan fingerprint density at radius 1 is 1.57 bits per heavy atom. The first-order chi connectivity index (χ1) is 6.69. The Bertz CT molecular complexity index is 339. The molecule has 0 fully saturated rings. The van der Waals surface area contributed by atoms with Crippen molar-refractivity contribution in [3.05, 3.63) is 35.1 Å². The van der Waals surface area contributed by atoms with Gasteiger partial charge >= 0.3 is 5.97 Å². The number of carbonyl (C=O) groups is 1. The molecule has 0 aliphatic heterocycles. The first kappa shape index (κ1) is 10.7. The number of rotatable bonds is 3. The third-order valence-corrected chi connectivity index (χ3v) is 1.89. The largest absolute Gasteiger partial charge is 0.465 e.